The van der Waals surface area contributed by atoms with Crippen molar-refractivity contribution in [1.82, 2.24) is 4.90 Å². The Bertz CT molecular complexity index is 599. The molecule has 2 unspecified atom stereocenters. The van der Waals surface area contributed by atoms with Gasteiger partial charge in [-0.1, -0.05) is 36.4 Å². The summed E-state index contributed by atoms with van der Waals surface area (Å²) >= 11 is 0. The number of benzene rings is 2. The minimum Gasteiger partial charge on any atom is -0.387 e. The van der Waals surface area contributed by atoms with Crippen LogP contribution in [0.15, 0.2) is 48.5 Å². The highest BCUT2D eigenvalue weighted by molar-refractivity contribution is 5.35. The molecule has 0 bridgehead atoms. The van der Waals surface area contributed by atoms with Crippen LogP contribution in [0, 0.1) is 5.82 Å². The molecule has 2 aromatic rings. The summed E-state index contributed by atoms with van der Waals surface area (Å²) in [4.78, 5) is 2.22. The lowest BCUT2D eigenvalue weighted by molar-refractivity contribution is 0.0663. The lowest BCUT2D eigenvalue weighted by atomic mass is 9.91. The van der Waals surface area contributed by atoms with Crippen molar-refractivity contribution in [3.05, 3.63) is 71.0 Å². The third-order valence-electron chi connectivity index (χ3n) is 4.04. The zero-order valence-corrected chi connectivity index (χ0v) is 11.5. The molecule has 0 amide bonds. The van der Waals surface area contributed by atoms with Crippen molar-refractivity contribution in [3.8, 4) is 0 Å². The fraction of sp³-hybridized carbons (Fsp3) is 0.294. The van der Waals surface area contributed by atoms with Crippen molar-refractivity contribution in [1.29, 1.82) is 0 Å². The zero-order chi connectivity index (χ0) is 14.1. The molecule has 1 aliphatic heterocycles. The average Bonchev–Trinajstić information content (AvgIpc) is 2.45. The summed E-state index contributed by atoms with van der Waals surface area (Å²) < 4.78 is 13.3. The summed E-state index contributed by atoms with van der Waals surface area (Å²) in [6.07, 6.45) is -0.624. The molecule has 3 rings (SSSR count). The molecule has 1 aliphatic rings. The number of aliphatic hydroxyl groups is 1. The van der Waals surface area contributed by atoms with Crippen LogP contribution in [-0.2, 0) is 6.54 Å². The first-order valence-electron chi connectivity index (χ1n) is 6.90. The highest BCUT2D eigenvalue weighted by Crippen LogP contribution is 2.35. The van der Waals surface area contributed by atoms with Crippen LogP contribution in [0.3, 0.4) is 0 Å². The van der Waals surface area contributed by atoms with E-state index in [-0.39, 0.29) is 11.9 Å². The lowest BCUT2D eigenvalue weighted by Gasteiger charge is -2.37. The second kappa shape index (κ2) is 5.35. The molecule has 2 atom stereocenters. The van der Waals surface area contributed by atoms with E-state index in [1.54, 1.807) is 6.07 Å². The Kier molecular flexibility index (Phi) is 3.55. The Labute approximate surface area is 118 Å². The normalized spacial score (nSPS) is 22.6. The van der Waals surface area contributed by atoms with Crippen LogP contribution in [0.1, 0.15) is 35.8 Å². The molecule has 2 nitrogen and oxygen atoms in total. The number of aliphatic hydroxyl groups excluding tert-OH is 1. The second-order valence-electron chi connectivity index (χ2n) is 5.38. The molecule has 0 spiro atoms. The second-order valence-corrected chi connectivity index (χ2v) is 5.38. The first-order valence-corrected chi connectivity index (χ1v) is 6.90. The van der Waals surface area contributed by atoms with Crippen LogP contribution in [0.2, 0.25) is 0 Å². The van der Waals surface area contributed by atoms with Crippen molar-refractivity contribution < 1.29 is 9.50 Å². The lowest BCUT2D eigenvalue weighted by Crippen LogP contribution is -2.36. The number of fused-ring (bicyclic) bond motifs is 1. The molecule has 2 aromatic carbocycles. The Balaban J connectivity index is 1.88. The van der Waals surface area contributed by atoms with Crippen LogP contribution in [-0.4, -0.2) is 16.6 Å². The van der Waals surface area contributed by atoms with E-state index in [0.717, 1.165) is 17.7 Å². The van der Waals surface area contributed by atoms with Gasteiger partial charge in [-0.05, 0) is 35.7 Å². The first-order chi connectivity index (χ1) is 9.65. The van der Waals surface area contributed by atoms with E-state index in [1.165, 1.54) is 17.7 Å². The summed E-state index contributed by atoms with van der Waals surface area (Å²) in [5.41, 5.74) is 2.96. The Hall–Kier alpha value is -1.71. The van der Waals surface area contributed by atoms with Gasteiger partial charge in [0.2, 0.25) is 0 Å². The largest absolute Gasteiger partial charge is 0.387 e. The summed E-state index contributed by atoms with van der Waals surface area (Å²) in [5.74, 6) is -0.286. The zero-order valence-electron chi connectivity index (χ0n) is 11.5. The fourth-order valence-corrected chi connectivity index (χ4v) is 2.91. The van der Waals surface area contributed by atoms with Crippen LogP contribution >= 0.6 is 0 Å². The van der Waals surface area contributed by atoms with Gasteiger partial charge in [-0.15, -0.1) is 0 Å². The van der Waals surface area contributed by atoms with Gasteiger partial charge < -0.3 is 5.11 Å². The van der Waals surface area contributed by atoms with E-state index in [4.69, 9.17) is 0 Å². The maximum atomic E-state index is 13.3. The number of β-amino-alcohol motifs (C(OH)–C–C–N with tert-alkyl or cyclic N) is 1. The van der Waals surface area contributed by atoms with E-state index in [9.17, 15) is 9.50 Å². The molecule has 104 valence electrons. The maximum Gasteiger partial charge on any atom is 0.123 e. The summed E-state index contributed by atoms with van der Waals surface area (Å²) in [5, 5.41) is 10.2. The van der Waals surface area contributed by atoms with Crippen LogP contribution < -0.4 is 0 Å². The molecule has 0 aromatic heterocycles. The van der Waals surface area contributed by atoms with Gasteiger partial charge in [-0.2, -0.15) is 0 Å². The van der Waals surface area contributed by atoms with Crippen molar-refractivity contribution >= 4 is 0 Å². The standard InChI is InChI=1S/C17H18FNO/c1-12-15-8-7-14(18)9-16(15)17(20)11-19(12)10-13-5-3-2-4-6-13/h2-9,12,17,20H,10-11H2,1H3. The predicted molar refractivity (Wildman–Crippen MR) is 76.6 cm³/mol. The van der Waals surface area contributed by atoms with Gasteiger partial charge in [0.15, 0.2) is 0 Å². The third kappa shape index (κ3) is 2.47. The number of hydrogen-bond donors (Lipinski definition) is 1. The minimum absolute atomic E-state index is 0.175. The smallest absolute Gasteiger partial charge is 0.123 e. The topological polar surface area (TPSA) is 23.5 Å². The fourth-order valence-electron chi connectivity index (χ4n) is 2.91. The van der Waals surface area contributed by atoms with E-state index in [0.29, 0.717) is 6.54 Å². The Morgan fingerprint density at radius 3 is 2.65 bits per heavy atom. The summed E-state index contributed by atoms with van der Waals surface area (Å²) in [6, 6.07) is 15.1. The van der Waals surface area contributed by atoms with Crippen LogP contribution in [0.5, 0.6) is 0 Å². The molecule has 0 saturated heterocycles. The molecular formula is C17H18FNO. The molecule has 0 aliphatic carbocycles. The molecule has 20 heavy (non-hydrogen) atoms. The first kappa shape index (κ1) is 13.3. The molecule has 0 fully saturated rings. The molecule has 1 heterocycles. The van der Waals surface area contributed by atoms with Crippen molar-refractivity contribution in [2.24, 2.45) is 0 Å². The van der Waals surface area contributed by atoms with Crippen molar-refractivity contribution in [2.45, 2.75) is 25.6 Å². The highest BCUT2D eigenvalue weighted by atomic mass is 19.1. The summed E-state index contributed by atoms with van der Waals surface area (Å²) in [6.45, 7) is 3.42. The SMILES string of the molecule is CC1c2ccc(F)cc2C(O)CN1Cc1ccccc1. The van der Waals surface area contributed by atoms with Gasteiger partial charge >= 0.3 is 0 Å². The molecule has 0 saturated carbocycles. The van der Waals surface area contributed by atoms with Gasteiger partial charge in [-0.25, -0.2) is 4.39 Å². The quantitative estimate of drug-likeness (QED) is 0.904. The van der Waals surface area contributed by atoms with Crippen LogP contribution in [0.4, 0.5) is 4.39 Å². The van der Waals surface area contributed by atoms with Gasteiger partial charge in [0, 0.05) is 19.1 Å². The molecular weight excluding hydrogens is 253 g/mol. The number of hydrogen-bond acceptors (Lipinski definition) is 2. The minimum atomic E-state index is -0.624. The van der Waals surface area contributed by atoms with Crippen molar-refractivity contribution in [3.63, 3.8) is 0 Å². The van der Waals surface area contributed by atoms with Crippen molar-refractivity contribution in [2.75, 3.05) is 6.54 Å². The van der Waals surface area contributed by atoms with Gasteiger partial charge in [0.05, 0.1) is 6.10 Å². The summed E-state index contributed by atoms with van der Waals surface area (Å²) in [7, 11) is 0. The number of rotatable bonds is 2. The molecule has 3 heteroatoms. The van der Waals surface area contributed by atoms with E-state index in [1.807, 2.05) is 18.2 Å². The van der Waals surface area contributed by atoms with Gasteiger partial charge in [-0.3, -0.25) is 4.90 Å². The van der Waals surface area contributed by atoms with E-state index >= 15 is 0 Å². The van der Waals surface area contributed by atoms with E-state index < -0.39 is 6.10 Å². The monoisotopic (exact) mass is 271 g/mol. The number of nitrogens with zero attached hydrogens (tertiary/aromatic N) is 1. The third-order valence-corrected chi connectivity index (χ3v) is 4.04. The molecule has 1 N–H and O–H groups in total. The molecule has 0 radical (unpaired) electrons. The Morgan fingerprint density at radius 1 is 1.15 bits per heavy atom. The van der Waals surface area contributed by atoms with E-state index in [2.05, 4.69) is 24.0 Å². The predicted octanol–water partition coefficient (Wildman–Crippen LogP) is 3.44. The maximum absolute atomic E-state index is 13.3. The van der Waals surface area contributed by atoms with Crippen LogP contribution in [0.25, 0.3) is 0 Å². The highest BCUT2D eigenvalue weighted by Gasteiger charge is 2.29. The van der Waals surface area contributed by atoms with Gasteiger partial charge in [0.25, 0.3) is 0 Å². The average molecular weight is 271 g/mol. The number of halogens is 1. The van der Waals surface area contributed by atoms with Gasteiger partial charge in [0.1, 0.15) is 5.82 Å². The Morgan fingerprint density at radius 2 is 1.90 bits per heavy atom.